The van der Waals surface area contributed by atoms with Crippen LogP contribution in [-0.4, -0.2) is 38.1 Å². The molecule has 98 valence electrons. The molecule has 1 heterocycles. The zero-order chi connectivity index (χ0) is 12.7. The molecule has 0 aromatic heterocycles. The Morgan fingerprint density at radius 1 is 1.41 bits per heavy atom. The maximum atomic E-state index is 11.6. The molecule has 1 aliphatic rings. The number of hydrogen-bond acceptors (Lipinski definition) is 2. The van der Waals surface area contributed by atoms with Crippen molar-refractivity contribution < 1.29 is 14.5 Å². The summed E-state index contributed by atoms with van der Waals surface area (Å²) >= 11 is 0. The van der Waals surface area contributed by atoms with Crippen molar-refractivity contribution in [1.29, 1.82) is 0 Å². The topological polar surface area (TPSA) is 62.6 Å². The van der Waals surface area contributed by atoms with Gasteiger partial charge in [-0.2, -0.15) is 0 Å². The highest BCUT2D eigenvalue weighted by Gasteiger charge is 2.22. The molecule has 0 saturated carbocycles. The van der Waals surface area contributed by atoms with Gasteiger partial charge in [-0.1, -0.05) is 13.8 Å². The van der Waals surface area contributed by atoms with Crippen LogP contribution in [0.25, 0.3) is 0 Å². The van der Waals surface area contributed by atoms with Crippen molar-refractivity contribution in [2.24, 2.45) is 5.92 Å². The van der Waals surface area contributed by atoms with Crippen LogP contribution in [-0.2, 0) is 4.79 Å². The minimum Gasteiger partial charge on any atom is -0.338 e. The number of rotatable bonds is 4. The third-order valence-corrected chi connectivity index (χ3v) is 3.06. The van der Waals surface area contributed by atoms with E-state index in [1.165, 1.54) is 17.7 Å². The molecule has 0 aromatic rings. The van der Waals surface area contributed by atoms with E-state index in [0.717, 1.165) is 19.5 Å². The van der Waals surface area contributed by atoms with Gasteiger partial charge in [-0.15, -0.1) is 0 Å². The van der Waals surface area contributed by atoms with Gasteiger partial charge in [-0.3, -0.25) is 10.1 Å². The maximum Gasteiger partial charge on any atom is 0.321 e. The summed E-state index contributed by atoms with van der Waals surface area (Å²) in [7, 11) is 0. The molecule has 3 N–H and O–H groups in total. The van der Waals surface area contributed by atoms with Crippen molar-refractivity contribution in [3.63, 3.8) is 0 Å². The number of carbonyl (C=O) groups is 2. The highest BCUT2D eigenvalue weighted by molar-refractivity contribution is 5.94. The summed E-state index contributed by atoms with van der Waals surface area (Å²) in [4.78, 5) is 24.1. The molecule has 3 amide bonds. The van der Waals surface area contributed by atoms with Gasteiger partial charge >= 0.3 is 6.03 Å². The molecule has 1 unspecified atom stereocenters. The van der Waals surface area contributed by atoms with E-state index >= 15 is 0 Å². The van der Waals surface area contributed by atoms with E-state index in [1.54, 1.807) is 0 Å². The fourth-order valence-electron chi connectivity index (χ4n) is 2.24. The van der Waals surface area contributed by atoms with Gasteiger partial charge in [0.15, 0.2) is 6.54 Å². The Bertz CT molecular complexity index is 268. The molecule has 5 heteroatoms. The highest BCUT2D eigenvalue weighted by atomic mass is 16.2. The maximum absolute atomic E-state index is 11.6. The number of likely N-dealkylation sites (tertiary alicyclic amines) is 1. The highest BCUT2D eigenvalue weighted by Crippen LogP contribution is 2.04. The zero-order valence-electron chi connectivity index (χ0n) is 10.8. The van der Waals surface area contributed by atoms with Gasteiger partial charge in [0, 0.05) is 12.5 Å². The number of imide groups is 1. The third kappa shape index (κ3) is 5.68. The lowest BCUT2D eigenvalue weighted by Gasteiger charge is -2.27. The van der Waals surface area contributed by atoms with Gasteiger partial charge in [0.1, 0.15) is 0 Å². The molecule has 17 heavy (non-hydrogen) atoms. The summed E-state index contributed by atoms with van der Waals surface area (Å²) in [6, 6.07) is -0.374. The van der Waals surface area contributed by atoms with Gasteiger partial charge in [-0.25, -0.2) is 4.79 Å². The Kier molecular flexibility index (Phi) is 5.97. The van der Waals surface area contributed by atoms with Crippen molar-refractivity contribution in [1.82, 2.24) is 10.6 Å². The number of quaternary nitrogens is 1. The summed E-state index contributed by atoms with van der Waals surface area (Å²) < 4.78 is 0. The first-order chi connectivity index (χ1) is 8.11. The second-order valence-corrected chi connectivity index (χ2v) is 4.93. The number of nitrogens with one attached hydrogen (secondary N) is 3. The van der Waals surface area contributed by atoms with Crippen molar-refractivity contribution in [3.8, 4) is 0 Å². The van der Waals surface area contributed by atoms with E-state index in [9.17, 15) is 9.59 Å². The molecular weight excluding hydrogens is 218 g/mol. The van der Waals surface area contributed by atoms with E-state index in [0.29, 0.717) is 19.0 Å². The first-order valence-electron chi connectivity index (χ1n) is 6.53. The second-order valence-electron chi connectivity index (χ2n) is 4.93. The van der Waals surface area contributed by atoms with E-state index in [2.05, 4.69) is 17.6 Å². The van der Waals surface area contributed by atoms with Crippen LogP contribution in [0.2, 0.25) is 0 Å². The molecule has 1 rings (SSSR count). The van der Waals surface area contributed by atoms with Crippen molar-refractivity contribution >= 4 is 11.9 Å². The Labute approximate surface area is 103 Å². The van der Waals surface area contributed by atoms with Crippen molar-refractivity contribution in [2.75, 3.05) is 26.2 Å². The van der Waals surface area contributed by atoms with Crippen LogP contribution in [0.4, 0.5) is 4.79 Å². The first kappa shape index (κ1) is 14.0. The molecule has 0 aromatic carbocycles. The number of carbonyl (C=O) groups excluding carboxylic acids is 2. The van der Waals surface area contributed by atoms with Crippen molar-refractivity contribution in [2.45, 2.75) is 33.1 Å². The molecule has 2 atom stereocenters. The van der Waals surface area contributed by atoms with Crippen LogP contribution in [0.5, 0.6) is 0 Å². The number of hydrogen-bond donors (Lipinski definition) is 3. The average Bonchev–Trinajstić information content (AvgIpc) is 2.26. The standard InChI is InChI=1S/C12H23N3O2/c1-3-6-13-12(17)14-11(16)9-15-7-4-5-10(2)8-15/h10H,3-9H2,1-2H3,(H2,13,14,16,17)/p+1/t10-/m0/s1. The molecule has 1 fully saturated rings. The molecule has 0 aliphatic carbocycles. The normalized spacial score (nSPS) is 24.1. The quantitative estimate of drug-likeness (QED) is 0.624. The van der Waals surface area contributed by atoms with Crippen LogP contribution in [0.15, 0.2) is 0 Å². The summed E-state index contributed by atoms with van der Waals surface area (Å²) in [5.74, 6) is 0.503. The van der Waals surface area contributed by atoms with Gasteiger partial charge in [0.05, 0.1) is 13.1 Å². The third-order valence-electron chi connectivity index (χ3n) is 3.06. The minimum absolute atomic E-state index is 0.178. The predicted octanol–water partition coefficient (Wildman–Crippen LogP) is -0.463. The average molecular weight is 242 g/mol. The SMILES string of the molecule is CCCNC(=O)NC(=O)C[NH+]1CCC[C@H](C)C1. The zero-order valence-corrected chi connectivity index (χ0v) is 10.8. The summed E-state index contributed by atoms with van der Waals surface area (Å²) in [5.41, 5.74) is 0. The smallest absolute Gasteiger partial charge is 0.321 e. The molecular formula is C12H24N3O2+. The largest absolute Gasteiger partial charge is 0.338 e. The van der Waals surface area contributed by atoms with Crippen LogP contribution in [0.1, 0.15) is 33.1 Å². The Morgan fingerprint density at radius 2 is 2.18 bits per heavy atom. The summed E-state index contributed by atoms with van der Waals surface area (Å²) in [5, 5.41) is 5.00. The lowest BCUT2D eigenvalue weighted by molar-refractivity contribution is -0.900. The van der Waals surface area contributed by atoms with Gasteiger partial charge in [0.25, 0.3) is 5.91 Å². The van der Waals surface area contributed by atoms with E-state index in [4.69, 9.17) is 0 Å². The van der Waals surface area contributed by atoms with Gasteiger partial charge < -0.3 is 10.2 Å². The Morgan fingerprint density at radius 3 is 2.82 bits per heavy atom. The fourth-order valence-corrected chi connectivity index (χ4v) is 2.24. The number of urea groups is 1. The number of amides is 3. The summed E-state index contributed by atoms with van der Waals surface area (Å²) in [6.07, 6.45) is 3.30. The molecule has 0 radical (unpaired) electrons. The van der Waals surface area contributed by atoms with Crippen LogP contribution in [0, 0.1) is 5.92 Å². The van der Waals surface area contributed by atoms with Crippen molar-refractivity contribution in [3.05, 3.63) is 0 Å². The molecule has 1 saturated heterocycles. The Hall–Kier alpha value is -1.10. The predicted molar refractivity (Wildman–Crippen MR) is 65.8 cm³/mol. The molecule has 5 nitrogen and oxygen atoms in total. The lowest BCUT2D eigenvalue weighted by atomic mass is 10.0. The molecule has 0 bridgehead atoms. The van der Waals surface area contributed by atoms with Gasteiger partial charge in [0.2, 0.25) is 0 Å². The van der Waals surface area contributed by atoms with E-state index < -0.39 is 0 Å². The molecule has 1 aliphatic heterocycles. The molecule has 0 spiro atoms. The first-order valence-corrected chi connectivity index (χ1v) is 6.53. The monoisotopic (exact) mass is 242 g/mol. The second kappa shape index (κ2) is 7.27. The minimum atomic E-state index is -0.374. The summed E-state index contributed by atoms with van der Waals surface area (Å²) in [6.45, 7) is 7.27. The van der Waals surface area contributed by atoms with E-state index in [-0.39, 0.29) is 11.9 Å². The van der Waals surface area contributed by atoms with Crippen LogP contribution < -0.4 is 15.5 Å². The van der Waals surface area contributed by atoms with E-state index in [1.807, 2.05) is 6.92 Å². The lowest BCUT2D eigenvalue weighted by Crippen LogP contribution is -3.14. The fraction of sp³-hybridized carbons (Fsp3) is 0.833. The van der Waals surface area contributed by atoms with Crippen LogP contribution >= 0.6 is 0 Å². The Balaban J connectivity index is 2.21. The number of piperidine rings is 1. The van der Waals surface area contributed by atoms with Gasteiger partial charge in [-0.05, 0) is 19.3 Å². The van der Waals surface area contributed by atoms with Crippen LogP contribution in [0.3, 0.4) is 0 Å².